The first-order valence-corrected chi connectivity index (χ1v) is 6.51. The van der Waals surface area contributed by atoms with Crippen LogP contribution in [0.25, 0.3) is 0 Å². The van der Waals surface area contributed by atoms with E-state index >= 15 is 0 Å². The molecule has 21 heavy (non-hydrogen) atoms. The van der Waals surface area contributed by atoms with Crippen molar-refractivity contribution in [2.45, 2.75) is 6.04 Å². The molecule has 6 heteroatoms. The second-order valence-corrected chi connectivity index (χ2v) is 4.82. The molecule has 0 aliphatic rings. The van der Waals surface area contributed by atoms with Gasteiger partial charge in [-0.2, -0.15) is 0 Å². The summed E-state index contributed by atoms with van der Waals surface area (Å²) in [5.41, 5.74) is 0.947. The lowest BCUT2D eigenvalue weighted by molar-refractivity contribution is 0.414. The third kappa shape index (κ3) is 3.14. The van der Waals surface area contributed by atoms with Crippen LogP contribution in [0.1, 0.15) is 17.2 Å². The Morgan fingerprint density at radius 1 is 1.05 bits per heavy atom. The van der Waals surface area contributed by atoms with Crippen LogP contribution in [0.3, 0.4) is 0 Å². The van der Waals surface area contributed by atoms with E-state index in [1.54, 1.807) is 25.2 Å². The molecule has 0 amide bonds. The van der Waals surface area contributed by atoms with Gasteiger partial charge in [0.25, 0.3) is 0 Å². The molecule has 0 radical (unpaired) electrons. The van der Waals surface area contributed by atoms with Crippen molar-refractivity contribution in [2.75, 3.05) is 14.2 Å². The Morgan fingerprint density at radius 2 is 1.67 bits per heavy atom. The molecule has 2 aromatic carbocycles. The monoisotopic (exact) mass is 315 g/mol. The van der Waals surface area contributed by atoms with Gasteiger partial charge >= 0.3 is 0 Å². The first-order chi connectivity index (χ1) is 9.97. The highest BCUT2D eigenvalue weighted by atomic mass is 35.5. The highest BCUT2D eigenvalue weighted by molar-refractivity contribution is 6.32. The molecule has 0 fully saturated rings. The largest absolute Gasteiger partial charge is 0.495 e. The van der Waals surface area contributed by atoms with Crippen molar-refractivity contribution in [1.82, 2.24) is 5.32 Å². The van der Waals surface area contributed by atoms with E-state index in [0.29, 0.717) is 16.3 Å². The van der Waals surface area contributed by atoms with Crippen LogP contribution in [-0.4, -0.2) is 14.2 Å². The van der Waals surface area contributed by atoms with Gasteiger partial charge in [-0.1, -0.05) is 17.7 Å². The van der Waals surface area contributed by atoms with Gasteiger partial charge < -0.3 is 10.1 Å². The zero-order valence-electron chi connectivity index (χ0n) is 11.4. The molecule has 0 aliphatic carbocycles. The number of rotatable bonds is 4. The lowest BCUT2D eigenvalue weighted by Gasteiger charge is -2.19. The summed E-state index contributed by atoms with van der Waals surface area (Å²) in [4.78, 5) is 0. The number of ether oxygens (including phenoxy) is 1. The summed E-state index contributed by atoms with van der Waals surface area (Å²) in [6.45, 7) is 0. The van der Waals surface area contributed by atoms with Crippen LogP contribution in [0, 0.1) is 17.5 Å². The highest BCUT2D eigenvalue weighted by Crippen LogP contribution is 2.31. The van der Waals surface area contributed by atoms with Crippen molar-refractivity contribution in [2.24, 2.45) is 0 Å². The topological polar surface area (TPSA) is 21.3 Å². The Labute approximate surface area is 125 Å². The maximum atomic E-state index is 13.4. The van der Waals surface area contributed by atoms with E-state index in [9.17, 15) is 13.2 Å². The minimum atomic E-state index is -1.48. The van der Waals surface area contributed by atoms with Crippen molar-refractivity contribution in [1.29, 1.82) is 0 Å². The molecule has 1 atom stereocenters. The molecule has 0 aromatic heterocycles. The molecular formula is C15H13ClF3NO. The second kappa shape index (κ2) is 6.37. The number of halogens is 4. The molecule has 1 unspecified atom stereocenters. The Morgan fingerprint density at radius 3 is 2.19 bits per heavy atom. The molecule has 0 aliphatic heterocycles. The molecule has 0 heterocycles. The average Bonchev–Trinajstić information content (AvgIpc) is 2.47. The van der Waals surface area contributed by atoms with Crippen molar-refractivity contribution >= 4 is 11.6 Å². The van der Waals surface area contributed by atoms with Gasteiger partial charge in [0.15, 0.2) is 17.5 Å². The van der Waals surface area contributed by atoms with Gasteiger partial charge in [-0.3, -0.25) is 0 Å². The summed E-state index contributed by atoms with van der Waals surface area (Å²) < 4.78 is 44.9. The van der Waals surface area contributed by atoms with Crippen LogP contribution in [0.2, 0.25) is 5.02 Å². The average molecular weight is 316 g/mol. The van der Waals surface area contributed by atoms with Crippen LogP contribution in [0.5, 0.6) is 5.75 Å². The van der Waals surface area contributed by atoms with E-state index in [1.165, 1.54) is 7.11 Å². The first kappa shape index (κ1) is 15.7. The predicted molar refractivity (Wildman–Crippen MR) is 75.2 cm³/mol. The maximum Gasteiger partial charge on any atom is 0.194 e. The Kier molecular flexibility index (Phi) is 4.75. The third-order valence-corrected chi connectivity index (χ3v) is 3.45. The third-order valence-electron chi connectivity index (χ3n) is 3.14. The van der Waals surface area contributed by atoms with Gasteiger partial charge in [0.05, 0.1) is 18.2 Å². The van der Waals surface area contributed by atoms with Crippen molar-refractivity contribution < 1.29 is 17.9 Å². The molecular weight excluding hydrogens is 303 g/mol. The molecule has 2 rings (SSSR count). The van der Waals surface area contributed by atoms with Crippen LogP contribution in [-0.2, 0) is 0 Å². The zero-order chi connectivity index (χ0) is 15.6. The van der Waals surface area contributed by atoms with Gasteiger partial charge in [-0.15, -0.1) is 0 Å². The standard InChI is InChI=1S/C15H13ClF3NO/c1-20-15(8-3-4-10(16)13(7-8)21-2)9-5-11(17)14(19)12(18)6-9/h3-7,15,20H,1-2H3. The number of methoxy groups -OCH3 is 1. The normalized spacial score (nSPS) is 12.3. The van der Waals surface area contributed by atoms with Gasteiger partial charge in [0, 0.05) is 0 Å². The summed E-state index contributed by atoms with van der Waals surface area (Å²) in [5.74, 6) is -3.50. The summed E-state index contributed by atoms with van der Waals surface area (Å²) in [6.07, 6.45) is 0. The van der Waals surface area contributed by atoms with Crippen molar-refractivity contribution in [3.63, 3.8) is 0 Å². The van der Waals surface area contributed by atoms with Gasteiger partial charge in [0.2, 0.25) is 0 Å². The second-order valence-electron chi connectivity index (χ2n) is 4.41. The fourth-order valence-electron chi connectivity index (χ4n) is 2.12. The van der Waals surface area contributed by atoms with Crippen LogP contribution >= 0.6 is 11.6 Å². The quantitative estimate of drug-likeness (QED) is 0.859. The SMILES string of the molecule is CNC(c1cc(F)c(F)c(F)c1)c1ccc(Cl)c(OC)c1. The van der Waals surface area contributed by atoms with Crippen LogP contribution in [0.4, 0.5) is 13.2 Å². The van der Waals surface area contributed by atoms with Crippen molar-refractivity contribution in [3.8, 4) is 5.75 Å². The van der Waals surface area contributed by atoms with E-state index < -0.39 is 23.5 Å². The highest BCUT2D eigenvalue weighted by Gasteiger charge is 2.18. The van der Waals surface area contributed by atoms with Gasteiger partial charge in [0.1, 0.15) is 5.75 Å². The van der Waals surface area contributed by atoms with Gasteiger partial charge in [-0.25, -0.2) is 13.2 Å². The van der Waals surface area contributed by atoms with E-state index in [4.69, 9.17) is 16.3 Å². The Bertz CT molecular complexity index is 640. The first-order valence-electron chi connectivity index (χ1n) is 6.13. The Balaban J connectivity index is 2.49. The fraction of sp³-hybridized carbons (Fsp3) is 0.200. The van der Waals surface area contributed by atoms with E-state index in [2.05, 4.69) is 5.32 Å². The summed E-state index contributed by atoms with van der Waals surface area (Å²) in [5, 5.41) is 3.35. The van der Waals surface area contributed by atoms with Gasteiger partial charge in [-0.05, 0) is 42.4 Å². The molecule has 112 valence electrons. The fourth-order valence-corrected chi connectivity index (χ4v) is 2.32. The molecule has 2 aromatic rings. The summed E-state index contributed by atoms with van der Waals surface area (Å²) in [6, 6.07) is 6.37. The lowest BCUT2D eigenvalue weighted by atomic mass is 9.98. The van der Waals surface area contributed by atoms with Crippen LogP contribution < -0.4 is 10.1 Å². The van der Waals surface area contributed by atoms with E-state index in [1.807, 2.05) is 0 Å². The number of nitrogens with one attached hydrogen (secondary N) is 1. The smallest absolute Gasteiger partial charge is 0.194 e. The minimum absolute atomic E-state index is 0.262. The van der Waals surface area contributed by atoms with E-state index in [-0.39, 0.29) is 5.56 Å². The molecule has 2 nitrogen and oxygen atoms in total. The predicted octanol–water partition coefficient (Wildman–Crippen LogP) is 4.07. The molecule has 0 saturated heterocycles. The van der Waals surface area contributed by atoms with Crippen LogP contribution in [0.15, 0.2) is 30.3 Å². The summed E-state index contributed by atoms with van der Waals surface area (Å²) in [7, 11) is 3.10. The summed E-state index contributed by atoms with van der Waals surface area (Å²) >= 11 is 5.95. The van der Waals surface area contributed by atoms with E-state index in [0.717, 1.165) is 12.1 Å². The molecule has 1 N–H and O–H groups in total. The Hall–Kier alpha value is -1.72. The molecule has 0 bridgehead atoms. The number of benzene rings is 2. The lowest BCUT2D eigenvalue weighted by Crippen LogP contribution is -2.18. The number of hydrogen-bond acceptors (Lipinski definition) is 2. The minimum Gasteiger partial charge on any atom is -0.495 e. The maximum absolute atomic E-state index is 13.4. The molecule has 0 spiro atoms. The van der Waals surface area contributed by atoms with Crippen molar-refractivity contribution in [3.05, 3.63) is 63.9 Å². The number of hydrogen-bond donors (Lipinski definition) is 1. The zero-order valence-corrected chi connectivity index (χ0v) is 12.1. The molecule has 0 saturated carbocycles.